The predicted octanol–water partition coefficient (Wildman–Crippen LogP) is 2.87. The van der Waals surface area contributed by atoms with Crippen molar-refractivity contribution in [3.05, 3.63) is 54.4 Å². The summed E-state index contributed by atoms with van der Waals surface area (Å²) in [6.07, 6.45) is 3.27. The number of hydrogen-bond donors (Lipinski definition) is 1. The Labute approximate surface area is 118 Å². The van der Waals surface area contributed by atoms with Gasteiger partial charge in [0.2, 0.25) is 0 Å². The number of carboxylic acid groups (broad SMARTS) is 1. The molecule has 0 saturated heterocycles. The highest BCUT2D eigenvalue weighted by Crippen LogP contribution is 2.26. The summed E-state index contributed by atoms with van der Waals surface area (Å²) in [5, 5.41) is 10.9. The molecule has 2 heterocycles. The topological polar surface area (TPSA) is 76.0 Å². The van der Waals surface area contributed by atoms with Crippen molar-refractivity contribution in [1.82, 2.24) is 15.0 Å². The maximum Gasteiger partial charge on any atom is 0.338 e. The lowest BCUT2D eigenvalue weighted by Gasteiger charge is -2.04. The zero-order chi connectivity index (χ0) is 13.9. The summed E-state index contributed by atoms with van der Waals surface area (Å²) in [7, 11) is 0. The van der Waals surface area contributed by atoms with Crippen molar-refractivity contribution in [2.24, 2.45) is 0 Å². The number of aromatic carboxylic acids is 1. The van der Waals surface area contributed by atoms with E-state index in [4.69, 9.17) is 5.11 Å². The Morgan fingerprint density at radius 3 is 2.80 bits per heavy atom. The molecule has 0 radical (unpaired) electrons. The Morgan fingerprint density at radius 1 is 1.10 bits per heavy atom. The first kappa shape index (κ1) is 12.6. The van der Waals surface area contributed by atoms with Crippen molar-refractivity contribution < 1.29 is 9.90 Å². The van der Waals surface area contributed by atoms with Gasteiger partial charge in [-0.15, -0.1) is 0 Å². The van der Waals surface area contributed by atoms with E-state index >= 15 is 0 Å². The molecule has 3 aromatic rings. The molecule has 0 fully saturated rings. The van der Waals surface area contributed by atoms with Crippen LogP contribution in [0.3, 0.4) is 0 Å². The molecule has 0 amide bonds. The quantitative estimate of drug-likeness (QED) is 0.745. The number of benzene rings is 1. The van der Waals surface area contributed by atoms with Crippen LogP contribution < -0.4 is 0 Å². The normalized spacial score (nSPS) is 10.6. The fraction of sp³-hybridized carbons (Fsp3) is 0. The minimum absolute atomic E-state index is 0.147. The third-order valence-electron chi connectivity index (χ3n) is 2.66. The molecule has 0 aliphatic rings. The van der Waals surface area contributed by atoms with Crippen LogP contribution in [-0.4, -0.2) is 26.0 Å². The van der Waals surface area contributed by atoms with Crippen LogP contribution in [0.5, 0.6) is 0 Å². The number of hydrogen-bond acceptors (Lipinski definition) is 5. The number of aromatic nitrogens is 3. The molecule has 1 aromatic carbocycles. The highest BCUT2D eigenvalue weighted by molar-refractivity contribution is 7.99. The van der Waals surface area contributed by atoms with Gasteiger partial charge >= 0.3 is 5.97 Å². The second kappa shape index (κ2) is 5.26. The van der Waals surface area contributed by atoms with Crippen LogP contribution in [0.25, 0.3) is 10.9 Å². The molecule has 0 aliphatic heterocycles. The highest BCUT2D eigenvalue weighted by atomic mass is 32.2. The first-order chi connectivity index (χ1) is 9.74. The summed E-state index contributed by atoms with van der Waals surface area (Å²) < 4.78 is 0. The lowest BCUT2D eigenvalue weighted by Crippen LogP contribution is -2.00. The van der Waals surface area contributed by atoms with Crippen LogP contribution in [0.15, 0.2) is 59.0 Å². The van der Waals surface area contributed by atoms with Gasteiger partial charge in [0.05, 0.1) is 11.1 Å². The fourth-order valence-electron chi connectivity index (χ4n) is 1.73. The second-order valence-electron chi connectivity index (χ2n) is 3.97. The van der Waals surface area contributed by atoms with Gasteiger partial charge in [0.15, 0.2) is 5.16 Å². The van der Waals surface area contributed by atoms with Gasteiger partial charge in [-0.05, 0) is 30.0 Å². The Balaban J connectivity index is 1.99. The maximum absolute atomic E-state index is 11.1. The third kappa shape index (κ3) is 2.46. The van der Waals surface area contributed by atoms with Crippen molar-refractivity contribution in [3.63, 3.8) is 0 Å². The summed E-state index contributed by atoms with van der Waals surface area (Å²) in [5.41, 5.74) is 0.965. The molecule has 20 heavy (non-hydrogen) atoms. The van der Waals surface area contributed by atoms with Gasteiger partial charge in [0, 0.05) is 17.8 Å². The fourth-order valence-corrected chi connectivity index (χ4v) is 2.53. The summed E-state index contributed by atoms with van der Waals surface area (Å²) in [5.74, 6) is -1.01. The molecule has 0 bridgehead atoms. The van der Waals surface area contributed by atoms with E-state index in [1.807, 2.05) is 24.3 Å². The minimum atomic E-state index is -1.01. The summed E-state index contributed by atoms with van der Waals surface area (Å²) in [6.45, 7) is 0. The first-order valence-electron chi connectivity index (χ1n) is 5.82. The molecule has 0 aliphatic carbocycles. The molecule has 0 atom stereocenters. The van der Waals surface area contributed by atoms with E-state index in [1.165, 1.54) is 6.07 Å². The lowest BCUT2D eigenvalue weighted by atomic mass is 10.2. The number of para-hydroxylation sites is 1. The molecule has 6 heteroatoms. The molecule has 98 valence electrons. The first-order valence-corrected chi connectivity index (χ1v) is 6.63. The van der Waals surface area contributed by atoms with Crippen molar-refractivity contribution in [2.45, 2.75) is 10.2 Å². The van der Waals surface area contributed by atoms with Crippen LogP contribution in [0, 0.1) is 0 Å². The molecular formula is C14H9N3O2S. The Bertz CT molecular complexity index is 792. The van der Waals surface area contributed by atoms with Crippen molar-refractivity contribution in [2.75, 3.05) is 0 Å². The predicted molar refractivity (Wildman–Crippen MR) is 74.9 cm³/mol. The van der Waals surface area contributed by atoms with Crippen LogP contribution in [0.4, 0.5) is 0 Å². The molecule has 1 N–H and O–H groups in total. The smallest absolute Gasteiger partial charge is 0.338 e. The van der Waals surface area contributed by atoms with Crippen LogP contribution in [0.2, 0.25) is 0 Å². The maximum atomic E-state index is 11.1. The van der Waals surface area contributed by atoms with E-state index in [1.54, 1.807) is 18.5 Å². The summed E-state index contributed by atoms with van der Waals surface area (Å²) >= 11 is 1.14. The lowest BCUT2D eigenvalue weighted by molar-refractivity contribution is 0.0692. The Hall–Kier alpha value is -2.47. The summed E-state index contributed by atoms with van der Waals surface area (Å²) in [4.78, 5) is 23.8. The van der Waals surface area contributed by atoms with Crippen LogP contribution in [-0.2, 0) is 0 Å². The Kier molecular flexibility index (Phi) is 3.30. The summed E-state index contributed by atoms with van der Waals surface area (Å²) in [6, 6.07) is 10.7. The van der Waals surface area contributed by atoms with Gasteiger partial charge < -0.3 is 5.11 Å². The molecule has 0 saturated carbocycles. The zero-order valence-corrected chi connectivity index (χ0v) is 11.0. The number of pyridine rings is 1. The highest BCUT2D eigenvalue weighted by Gasteiger charge is 2.13. The number of rotatable bonds is 3. The van der Waals surface area contributed by atoms with Gasteiger partial charge in [0.25, 0.3) is 0 Å². The number of carboxylic acids is 1. The van der Waals surface area contributed by atoms with Crippen molar-refractivity contribution >= 4 is 28.6 Å². The van der Waals surface area contributed by atoms with E-state index in [0.717, 1.165) is 22.7 Å². The monoisotopic (exact) mass is 283 g/mol. The molecule has 2 aromatic heterocycles. The Morgan fingerprint density at radius 2 is 1.95 bits per heavy atom. The van der Waals surface area contributed by atoms with Crippen molar-refractivity contribution in [3.8, 4) is 0 Å². The van der Waals surface area contributed by atoms with E-state index in [2.05, 4.69) is 15.0 Å². The minimum Gasteiger partial charge on any atom is -0.478 e. The molecular weight excluding hydrogens is 274 g/mol. The standard InChI is InChI=1S/C14H9N3O2S/c18-13(19)10-5-3-7-15-12(10)20-14-16-8-9-4-1-2-6-11(9)17-14/h1-8H,(H,18,19). The average Bonchev–Trinajstić information content (AvgIpc) is 2.47. The average molecular weight is 283 g/mol. The number of fused-ring (bicyclic) bond motifs is 1. The van der Waals surface area contributed by atoms with E-state index in [-0.39, 0.29) is 5.56 Å². The van der Waals surface area contributed by atoms with Crippen molar-refractivity contribution in [1.29, 1.82) is 0 Å². The van der Waals surface area contributed by atoms with Crippen LogP contribution >= 0.6 is 11.8 Å². The second-order valence-corrected chi connectivity index (χ2v) is 4.93. The van der Waals surface area contributed by atoms with E-state index in [0.29, 0.717) is 10.2 Å². The van der Waals surface area contributed by atoms with Gasteiger partial charge in [-0.2, -0.15) is 0 Å². The number of nitrogens with zero attached hydrogens (tertiary/aromatic N) is 3. The molecule has 5 nitrogen and oxygen atoms in total. The van der Waals surface area contributed by atoms with Gasteiger partial charge in [-0.3, -0.25) is 0 Å². The SMILES string of the molecule is O=C(O)c1cccnc1Sc1ncc2ccccc2n1. The van der Waals surface area contributed by atoms with Crippen LogP contribution in [0.1, 0.15) is 10.4 Å². The van der Waals surface area contributed by atoms with Gasteiger partial charge in [-0.1, -0.05) is 18.2 Å². The number of carbonyl (C=O) groups is 1. The van der Waals surface area contributed by atoms with E-state index < -0.39 is 5.97 Å². The molecule has 0 spiro atoms. The van der Waals surface area contributed by atoms with Gasteiger partial charge in [-0.25, -0.2) is 19.7 Å². The molecule has 3 rings (SSSR count). The zero-order valence-electron chi connectivity index (χ0n) is 10.2. The molecule has 0 unspecified atom stereocenters. The van der Waals surface area contributed by atoms with E-state index in [9.17, 15) is 4.79 Å². The third-order valence-corrected chi connectivity index (χ3v) is 3.55. The largest absolute Gasteiger partial charge is 0.478 e. The van der Waals surface area contributed by atoms with Gasteiger partial charge in [0.1, 0.15) is 5.03 Å².